The molecule has 2 atom stereocenters. The Morgan fingerprint density at radius 2 is 1.93 bits per heavy atom. The summed E-state index contributed by atoms with van der Waals surface area (Å²) in [6.07, 6.45) is 11.6. The van der Waals surface area contributed by atoms with Crippen molar-refractivity contribution in [3.63, 3.8) is 0 Å². The monoisotopic (exact) mass is 648 g/mol. The van der Waals surface area contributed by atoms with Crippen LogP contribution in [0.25, 0.3) is 22.2 Å². The van der Waals surface area contributed by atoms with Crippen molar-refractivity contribution >= 4 is 49.5 Å². The van der Waals surface area contributed by atoms with Crippen molar-refractivity contribution in [1.82, 2.24) is 29.6 Å². The van der Waals surface area contributed by atoms with Gasteiger partial charge < -0.3 is 15.1 Å². The van der Waals surface area contributed by atoms with Crippen molar-refractivity contribution in [2.75, 3.05) is 42.4 Å². The van der Waals surface area contributed by atoms with Crippen molar-refractivity contribution in [3.8, 4) is 11.4 Å². The van der Waals surface area contributed by atoms with E-state index in [0.29, 0.717) is 46.7 Å². The maximum atomic E-state index is 11.9. The number of benzene rings is 1. The molecule has 45 heavy (non-hydrogen) atoms. The van der Waals surface area contributed by atoms with Crippen LogP contribution in [0.15, 0.2) is 42.9 Å². The van der Waals surface area contributed by atoms with Crippen LogP contribution in [0.3, 0.4) is 0 Å². The van der Waals surface area contributed by atoms with E-state index in [1.807, 2.05) is 23.1 Å². The summed E-state index contributed by atoms with van der Waals surface area (Å²) >= 11 is 6.63. The van der Waals surface area contributed by atoms with Crippen LogP contribution in [-0.4, -0.2) is 81.8 Å². The minimum Gasteiger partial charge on any atom is -0.368 e. The molecular weight excluding hydrogens is 608 g/mol. The molecule has 5 heterocycles. The SMILES string of the molecule is CC(C)c1ccc(N2C[C@H](CS(C)(=O)=O)[C@H]2C)c2cnc(Nc3ccnc(-c4cn(C5CC6(CCCN6C)C5)nc4Cl)n3)cc12. The molecule has 0 radical (unpaired) electrons. The Labute approximate surface area is 270 Å². The van der Waals surface area contributed by atoms with E-state index in [9.17, 15) is 8.42 Å². The van der Waals surface area contributed by atoms with E-state index in [4.69, 9.17) is 21.6 Å². The van der Waals surface area contributed by atoms with E-state index in [1.54, 1.807) is 6.20 Å². The summed E-state index contributed by atoms with van der Waals surface area (Å²) in [5, 5.41) is 10.6. The summed E-state index contributed by atoms with van der Waals surface area (Å²) in [6.45, 7) is 8.36. The quantitative estimate of drug-likeness (QED) is 0.243. The van der Waals surface area contributed by atoms with Crippen LogP contribution in [0, 0.1) is 5.92 Å². The molecule has 7 rings (SSSR count). The molecule has 0 bridgehead atoms. The van der Waals surface area contributed by atoms with Crippen LogP contribution in [0.4, 0.5) is 17.3 Å². The minimum atomic E-state index is -3.02. The number of nitrogens with one attached hydrogen (secondary N) is 1. The number of likely N-dealkylation sites (tertiary alicyclic amines) is 1. The van der Waals surface area contributed by atoms with Crippen molar-refractivity contribution < 1.29 is 8.42 Å². The van der Waals surface area contributed by atoms with E-state index in [-0.39, 0.29) is 17.7 Å². The van der Waals surface area contributed by atoms with Crippen LogP contribution in [0.1, 0.15) is 64.0 Å². The molecule has 3 fully saturated rings. The fourth-order valence-electron chi connectivity index (χ4n) is 7.64. The van der Waals surface area contributed by atoms with E-state index in [0.717, 1.165) is 34.9 Å². The number of pyridine rings is 1. The molecule has 1 saturated carbocycles. The molecule has 3 aromatic heterocycles. The zero-order chi connectivity index (χ0) is 31.7. The molecular formula is C33H41ClN8O2S. The second kappa shape index (κ2) is 11.2. The van der Waals surface area contributed by atoms with Gasteiger partial charge in [0.2, 0.25) is 0 Å². The summed E-state index contributed by atoms with van der Waals surface area (Å²) in [5.41, 5.74) is 3.35. The molecule has 2 aliphatic heterocycles. The number of halogens is 1. The number of sulfone groups is 1. The molecule has 1 spiro atoms. The molecule has 2 saturated heterocycles. The largest absolute Gasteiger partial charge is 0.368 e. The van der Waals surface area contributed by atoms with Gasteiger partial charge in [-0.1, -0.05) is 31.5 Å². The van der Waals surface area contributed by atoms with Crippen molar-refractivity contribution in [3.05, 3.63) is 53.6 Å². The summed E-state index contributed by atoms with van der Waals surface area (Å²) in [5.74, 6) is 2.47. The maximum Gasteiger partial charge on any atom is 0.166 e. The van der Waals surface area contributed by atoms with E-state index in [1.165, 1.54) is 31.2 Å². The van der Waals surface area contributed by atoms with E-state index < -0.39 is 9.84 Å². The molecule has 1 N–H and O–H groups in total. The lowest BCUT2D eigenvalue weighted by molar-refractivity contribution is 0.0253. The molecule has 0 unspecified atom stereocenters. The lowest BCUT2D eigenvalue weighted by atomic mass is 9.71. The van der Waals surface area contributed by atoms with Crippen LogP contribution < -0.4 is 10.2 Å². The predicted octanol–water partition coefficient (Wildman–Crippen LogP) is 6.08. The Morgan fingerprint density at radius 3 is 2.62 bits per heavy atom. The smallest absolute Gasteiger partial charge is 0.166 e. The minimum absolute atomic E-state index is 0.126. The number of hydrogen-bond acceptors (Lipinski definition) is 9. The van der Waals surface area contributed by atoms with Gasteiger partial charge in [0.05, 0.1) is 17.4 Å². The van der Waals surface area contributed by atoms with E-state index >= 15 is 0 Å². The Balaban J connectivity index is 1.12. The van der Waals surface area contributed by atoms with Crippen LogP contribution in [-0.2, 0) is 9.84 Å². The first-order chi connectivity index (χ1) is 21.4. The normalized spacial score (nSPS) is 25.2. The number of nitrogens with zero attached hydrogens (tertiary/aromatic N) is 7. The summed E-state index contributed by atoms with van der Waals surface area (Å²) in [7, 11) is -0.789. The fraction of sp³-hybridized carbons (Fsp3) is 0.515. The van der Waals surface area contributed by atoms with Gasteiger partial charge in [0.1, 0.15) is 21.5 Å². The standard InChI is InChI=1S/C33H41ClN8O2S/c1-20(2)24-7-8-28(41-17-22(21(41)3)19-45(5,43)44)26-16-36-30(13-25(24)26)37-29-9-11-35-32(38-29)27-18-42(39-31(27)34)23-14-33(15-23)10-6-12-40(33)4/h7-9,11,13,16,18,20-23H,6,10,12,14-15,17,19H2,1-5H3,(H,35,36,37,38)/t21-,22-,23?,33?/m1/s1. The highest BCUT2D eigenvalue weighted by Gasteiger charge is 2.50. The third kappa shape index (κ3) is 5.57. The van der Waals surface area contributed by atoms with Gasteiger partial charge in [-0.05, 0) is 81.3 Å². The third-order valence-corrected chi connectivity index (χ3v) is 11.7. The van der Waals surface area contributed by atoms with Gasteiger partial charge in [0.25, 0.3) is 0 Å². The van der Waals surface area contributed by atoms with Gasteiger partial charge in [0.15, 0.2) is 11.0 Å². The number of fused-ring (bicyclic) bond motifs is 1. The van der Waals surface area contributed by atoms with Crippen molar-refractivity contribution in [1.29, 1.82) is 0 Å². The van der Waals surface area contributed by atoms with E-state index in [2.05, 4.69) is 71.2 Å². The second-order valence-electron chi connectivity index (χ2n) is 13.7. The number of aromatic nitrogens is 5. The van der Waals surface area contributed by atoms with Gasteiger partial charge in [-0.2, -0.15) is 5.10 Å². The highest BCUT2D eigenvalue weighted by atomic mass is 35.5. The topological polar surface area (TPSA) is 109 Å². The van der Waals surface area contributed by atoms with Gasteiger partial charge in [-0.15, -0.1) is 0 Å². The number of rotatable bonds is 8. The summed E-state index contributed by atoms with van der Waals surface area (Å²) < 4.78 is 25.8. The molecule has 10 nitrogen and oxygen atoms in total. The third-order valence-electron chi connectivity index (χ3n) is 10.4. The Hall–Kier alpha value is -3.28. The molecule has 4 aromatic rings. The number of anilines is 3. The van der Waals surface area contributed by atoms with Gasteiger partial charge in [0, 0.05) is 60.0 Å². The van der Waals surface area contributed by atoms with Crippen molar-refractivity contribution in [2.24, 2.45) is 5.92 Å². The molecule has 238 valence electrons. The zero-order valence-electron chi connectivity index (χ0n) is 26.5. The van der Waals surface area contributed by atoms with Gasteiger partial charge >= 0.3 is 0 Å². The first kappa shape index (κ1) is 30.4. The van der Waals surface area contributed by atoms with Gasteiger partial charge in [-0.3, -0.25) is 4.68 Å². The maximum absolute atomic E-state index is 11.9. The Kier molecular flexibility index (Phi) is 7.56. The zero-order valence-corrected chi connectivity index (χ0v) is 28.1. The molecule has 1 aliphatic carbocycles. The number of hydrogen-bond donors (Lipinski definition) is 1. The molecule has 3 aliphatic rings. The lowest BCUT2D eigenvalue weighted by Crippen LogP contribution is -2.57. The Morgan fingerprint density at radius 1 is 1.13 bits per heavy atom. The average molecular weight is 649 g/mol. The average Bonchev–Trinajstić information content (AvgIpc) is 3.55. The highest BCUT2D eigenvalue weighted by Crippen LogP contribution is 2.51. The Bertz CT molecular complexity index is 1870. The van der Waals surface area contributed by atoms with Crippen LogP contribution in [0.2, 0.25) is 5.15 Å². The highest BCUT2D eigenvalue weighted by molar-refractivity contribution is 7.90. The molecule has 1 aromatic carbocycles. The molecule has 0 amide bonds. The van der Waals surface area contributed by atoms with Crippen LogP contribution in [0.5, 0.6) is 0 Å². The summed E-state index contributed by atoms with van der Waals surface area (Å²) in [6, 6.07) is 8.70. The predicted molar refractivity (Wildman–Crippen MR) is 180 cm³/mol. The summed E-state index contributed by atoms with van der Waals surface area (Å²) in [4.78, 5) is 18.9. The first-order valence-electron chi connectivity index (χ1n) is 15.8. The van der Waals surface area contributed by atoms with Crippen molar-refractivity contribution in [2.45, 2.75) is 70.0 Å². The van der Waals surface area contributed by atoms with Crippen LogP contribution >= 0.6 is 11.6 Å². The second-order valence-corrected chi connectivity index (χ2v) is 16.2. The first-order valence-corrected chi connectivity index (χ1v) is 18.3. The lowest BCUT2D eigenvalue weighted by Gasteiger charge is -2.49. The van der Waals surface area contributed by atoms with Gasteiger partial charge in [-0.25, -0.2) is 23.4 Å². The molecule has 12 heteroatoms. The fourth-order valence-corrected chi connectivity index (χ4v) is 9.03.